The lowest BCUT2D eigenvalue weighted by Crippen LogP contribution is -2.47. The molecule has 5 atom stereocenters. The van der Waals surface area contributed by atoms with Gasteiger partial charge in [-0.1, -0.05) is 18.2 Å². The van der Waals surface area contributed by atoms with E-state index in [1.807, 2.05) is 18.2 Å². The third-order valence-corrected chi connectivity index (χ3v) is 15.5. The van der Waals surface area contributed by atoms with Crippen molar-refractivity contribution >= 4 is 65.8 Å². The van der Waals surface area contributed by atoms with Crippen LogP contribution in [0.15, 0.2) is 40.2 Å². The van der Waals surface area contributed by atoms with Crippen LogP contribution in [0.4, 0.5) is 0 Å². The quantitative estimate of drug-likeness (QED) is 0.218. The number of ketones is 1. The second-order valence-corrected chi connectivity index (χ2v) is 19.1. The van der Waals surface area contributed by atoms with Gasteiger partial charge < -0.3 is 14.7 Å². The Morgan fingerprint density at radius 3 is 2.72 bits per heavy atom. The number of aliphatic hydroxyl groups excluding tert-OH is 1. The van der Waals surface area contributed by atoms with Gasteiger partial charge in [0.2, 0.25) is 21.8 Å². The Bertz CT molecular complexity index is 2160. The zero-order valence-electron chi connectivity index (χ0n) is 29.8. The lowest BCUT2D eigenvalue weighted by atomic mass is 9.72. The van der Waals surface area contributed by atoms with Crippen LogP contribution in [0.3, 0.4) is 0 Å². The van der Waals surface area contributed by atoms with E-state index in [0.29, 0.717) is 81.7 Å². The van der Waals surface area contributed by atoms with Gasteiger partial charge in [0.05, 0.1) is 28.4 Å². The van der Waals surface area contributed by atoms with Crippen LogP contribution in [0.1, 0.15) is 82.4 Å². The van der Waals surface area contributed by atoms with Gasteiger partial charge in [-0.25, -0.2) is 18.4 Å². The highest BCUT2D eigenvalue weighted by Gasteiger charge is 2.62. The summed E-state index contributed by atoms with van der Waals surface area (Å²) in [6, 6.07) is 5.43. The van der Waals surface area contributed by atoms with Crippen LogP contribution in [0, 0.1) is 35.5 Å². The number of ether oxygens (including phenoxy) is 1. The number of thiazole rings is 1. The van der Waals surface area contributed by atoms with Crippen molar-refractivity contribution in [2.24, 2.45) is 23.2 Å². The molecule has 3 aromatic rings. The Morgan fingerprint density at radius 2 is 2.00 bits per heavy atom. The van der Waals surface area contributed by atoms with Crippen LogP contribution >= 0.6 is 27.3 Å². The van der Waals surface area contributed by atoms with Crippen molar-refractivity contribution in [3.8, 4) is 28.8 Å². The van der Waals surface area contributed by atoms with E-state index in [-0.39, 0.29) is 37.1 Å². The molecule has 7 rings (SSSR count). The van der Waals surface area contributed by atoms with Crippen molar-refractivity contribution in [2.45, 2.75) is 88.6 Å². The highest BCUT2D eigenvalue weighted by molar-refractivity contribution is 9.10. The number of carbonyl (C=O) groups is 3. The number of allylic oxidation sites excluding steroid dienone is 2. The molecule has 1 aromatic carbocycles. The maximum atomic E-state index is 14.5. The summed E-state index contributed by atoms with van der Waals surface area (Å²) < 4.78 is 35.0. The number of sulfonamides is 1. The molecule has 4 aliphatic rings. The minimum absolute atomic E-state index is 0.102. The Labute approximate surface area is 322 Å². The van der Waals surface area contributed by atoms with E-state index in [1.165, 1.54) is 11.3 Å². The van der Waals surface area contributed by atoms with Gasteiger partial charge in [0.1, 0.15) is 27.9 Å². The number of fused-ring (bicyclic) bond motifs is 3. The summed E-state index contributed by atoms with van der Waals surface area (Å²) in [7, 11) is -2.13. The van der Waals surface area contributed by atoms with E-state index >= 15 is 0 Å². The minimum atomic E-state index is -3.91. The van der Waals surface area contributed by atoms with Gasteiger partial charge in [0.15, 0.2) is 0 Å². The molecule has 0 bridgehead atoms. The van der Waals surface area contributed by atoms with Gasteiger partial charge in [-0.05, 0) is 104 Å². The lowest BCUT2D eigenvalue weighted by molar-refractivity contribution is -0.144. The first-order valence-corrected chi connectivity index (χ1v) is 21.3. The third-order valence-electron chi connectivity index (χ3n) is 11.6. The molecule has 0 radical (unpaired) electrons. The van der Waals surface area contributed by atoms with Crippen molar-refractivity contribution in [3.05, 3.63) is 51.5 Å². The number of aromatic nitrogens is 2. The van der Waals surface area contributed by atoms with Crippen molar-refractivity contribution in [3.63, 3.8) is 0 Å². The number of terminal acetylenes is 1. The SMILES string of the molecule is C#Cc1csc(-c2cc(O[C@H]3CC[C@H]4C(=O)N(C)CCCC/C=C\[C@@H]5C[C@@]5(C(=O)NS(=O)(=O)C5(C)CC5)CC(=O)[C@@H]4C3)c3ccc(CO)c(Br)c3n2)n1. The molecule has 3 aliphatic carbocycles. The van der Waals surface area contributed by atoms with Crippen LogP contribution in [-0.4, -0.2) is 70.4 Å². The lowest BCUT2D eigenvalue weighted by Gasteiger charge is -2.37. The molecule has 53 heavy (non-hydrogen) atoms. The van der Waals surface area contributed by atoms with Crippen LogP contribution in [0.5, 0.6) is 5.75 Å². The number of aliphatic hydroxyl groups is 1. The first kappa shape index (κ1) is 37.7. The van der Waals surface area contributed by atoms with Gasteiger partial charge in [0, 0.05) is 53.2 Å². The average molecular weight is 824 g/mol. The largest absolute Gasteiger partial charge is 0.490 e. The van der Waals surface area contributed by atoms with Crippen LogP contribution in [0.2, 0.25) is 0 Å². The third kappa shape index (κ3) is 7.30. The molecule has 280 valence electrons. The van der Waals surface area contributed by atoms with Crippen molar-refractivity contribution in [1.82, 2.24) is 19.6 Å². The molecule has 0 spiro atoms. The summed E-state index contributed by atoms with van der Waals surface area (Å²) >= 11 is 4.97. The predicted octanol–water partition coefficient (Wildman–Crippen LogP) is 5.92. The molecule has 0 unspecified atom stereocenters. The average Bonchev–Trinajstić information content (AvgIpc) is 4.01. The second kappa shape index (κ2) is 14.5. The molecule has 3 heterocycles. The number of amides is 2. The number of benzene rings is 1. The monoisotopic (exact) mass is 822 g/mol. The number of halogens is 1. The van der Waals surface area contributed by atoms with E-state index in [9.17, 15) is 27.9 Å². The number of carbonyl (C=O) groups excluding carboxylic acids is 3. The van der Waals surface area contributed by atoms with Gasteiger partial charge in [-0.15, -0.1) is 17.8 Å². The molecular formula is C39H43BrN4O7S2. The van der Waals surface area contributed by atoms with Gasteiger partial charge >= 0.3 is 0 Å². The highest BCUT2D eigenvalue weighted by Crippen LogP contribution is 2.58. The number of pyridine rings is 1. The summed E-state index contributed by atoms with van der Waals surface area (Å²) in [5.74, 6) is 0.478. The predicted molar refractivity (Wildman–Crippen MR) is 205 cm³/mol. The van der Waals surface area contributed by atoms with Crippen molar-refractivity contribution < 1.29 is 32.6 Å². The Balaban J connectivity index is 1.21. The number of hydrogen-bond donors (Lipinski definition) is 2. The van der Waals surface area contributed by atoms with E-state index in [4.69, 9.17) is 16.1 Å². The Morgan fingerprint density at radius 1 is 1.21 bits per heavy atom. The van der Waals surface area contributed by atoms with E-state index in [2.05, 4.69) is 31.6 Å². The maximum absolute atomic E-state index is 14.5. The first-order valence-electron chi connectivity index (χ1n) is 18.1. The maximum Gasteiger partial charge on any atom is 0.240 e. The topological polar surface area (TPSA) is 156 Å². The zero-order chi connectivity index (χ0) is 37.7. The fourth-order valence-electron chi connectivity index (χ4n) is 7.75. The van der Waals surface area contributed by atoms with E-state index < -0.39 is 44.0 Å². The molecule has 3 fully saturated rings. The minimum Gasteiger partial charge on any atom is -0.490 e. The van der Waals surface area contributed by atoms with Crippen LogP contribution in [-0.2, 0) is 31.0 Å². The number of rotatable bonds is 7. The van der Waals surface area contributed by atoms with E-state index in [1.54, 1.807) is 36.4 Å². The molecular weight excluding hydrogens is 780 g/mol. The van der Waals surface area contributed by atoms with Crippen molar-refractivity contribution in [1.29, 1.82) is 0 Å². The second-order valence-electron chi connectivity index (χ2n) is 15.2. The Kier molecular flexibility index (Phi) is 10.3. The number of Topliss-reactive ketones (excluding diaryl/α,β-unsaturated/α-hetero) is 1. The van der Waals surface area contributed by atoms with Crippen LogP contribution < -0.4 is 9.46 Å². The standard InChI is InChI=1S/C39H43BrN4O7S2/c1-4-25-22-52-35(41-25)30-18-32(28-12-10-23(21-45)33(40)34(28)42-30)51-26-11-13-27-29(17-26)31(46)20-39(37(48)43-53(49,50)38(2)14-15-38)19-24(39)9-7-5-6-8-16-44(3)36(27)47/h1,7,9-10,12,18,22,24,26-27,29,45H,5-6,8,11,13-17,19-21H2,2-3H3,(H,43,48)/b9-7-/t24-,26+,27-,29-,39-/m1/s1. The molecule has 11 nitrogen and oxygen atoms in total. The zero-order valence-corrected chi connectivity index (χ0v) is 33.0. The number of nitrogens with zero attached hydrogens (tertiary/aromatic N) is 3. The molecule has 2 aromatic heterocycles. The fourth-order valence-corrected chi connectivity index (χ4v) is 10.4. The molecule has 2 N–H and O–H groups in total. The van der Waals surface area contributed by atoms with Gasteiger partial charge in [-0.2, -0.15) is 0 Å². The van der Waals surface area contributed by atoms with Crippen molar-refractivity contribution in [2.75, 3.05) is 13.6 Å². The summed E-state index contributed by atoms with van der Waals surface area (Å²) in [5, 5.41) is 13.0. The summed E-state index contributed by atoms with van der Waals surface area (Å²) in [6.07, 6.45) is 13.9. The molecule has 2 amide bonds. The molecule has 14 heteroatoms. The summed E-state index contributed by atoms with van der Waals surface area (Å²) in [5.41, 5.74) is 1.04. The normalized spacial score (nSPS) is 27.9. The number of hydrogen-bond acceptors (Lipinski definition) is 10. The Hall–Kier alpha value is -3.64. The molecule has 3 saturated carbocycles. The molecule has 1 aliphatic heterocycles. The smallest absolute Gasteiger partial charge is 0.240 e. The fraction of sp³-hybridized carbons (Fsp3) is 0.513. The summed E-state index contributed by atoms with van der Waals surface area (Å²) in [6.45, 7) is 2.00. The number of nitrogens with one attached hydrogen (secondary N) is 1. The van der Waals surface area contributed by atoms with Gasteiger partial charge in [0.25, 0.3) is 0 Å². The summed E-state index contributed by atoms with van der Waals surface area (Å²) in [4.78, 5) is 53.5. The highest BCUT2D eigenvalue weighted by atomic mass is 79.9. The van der Waals surface area contributed by atoms with Crippen LogP contribution in [0.25, 0.3) is 21.6 Å². The van der Waals surface area contributed by atoms with Gasteiger partial charge in [-0.3, -0.25) is 19.1 Å². The molecule has 0 saturated heterocycles. The first-order chi connectivity index (χ1) is 25.3. The van der Waals surface area contributed by atoms with E-state index in [0.717, 1.165) is 19.3 Å².